The number of allylic oxidation sites excluding steroid dienone is 1. The molecule has 0 bridgehead atoms. The number of carbonyl (C=O) groups is 1. The lowest BCUT2D eigenvalue weighted by Gasteiger charge is -2.35. The van der Waals surface area contributed by atoms with Gasteiger partial charge in [-0.2, -0.15) is 4.98 Å². The number of urea groups is 1. The highest BCUT2D eigenvalue weighted by molar-refractivity contribution is 5.87. The van der Waals surface area contributed by atoms with Crippen LogP contribution in [0.25, 0.3) is 17.0 Å². The van der Waals surface area contributed by atoms with Crippen molar-refractivity contribution in [3.8, 4) is 17.1 Å². The Bertz CT molecular complexity index is 1130. The number of aryl methyl sites for hydroxylation is 1. The number of ether oxygens (including phenoxy) is 1. The SMILES string of the molecule is CCCCN1C(=O)NC(c2cccc(OC)c2)C(c2nc(-c3ccc(C)cc3)no2)=C1C. The standard InChI is InChI=1S/C25H28N4O3/c1-5-6-14-29-17(3)21(22(26-25(29)30)19-8-7-9-20(15-19)31-4)24-27-23(28-32-24)18-12-10-16(2)11-13-18/h7-13,15,22H,5-6,14H2,1-4H3,(H,26,30). The molecule has 1 aromatic heterocycles. The van der Waals surface area contributed by atoms with E-state index in [9.17, 15) is 4.79 Å². The van der Waals surface area contributed by atoms with E-state index in [1.807, 2.05) is 62.4 Å². The second-order valence-corrected chi connectivity index (χ2v) is 7.95. The number of benzene rings is 2. The molecular weight excluding hydrogens is 404 g/mol. The van der Waals surface area contributed by atoms with Gasteiger partial charge in [0, 0.05) is 17.8 Å². The van der Waals surface area contributed by atoms with Crippen LogP contribution in [0, 0.1) is 6.92 Å². The molecule has 2 aromatic carbocycles. The quantitative estimate of drug-likeness (QED) is 0.544. The number of nitrogens with one attached hydrogen (secondary N) is 1. The minimum Gasteiger partial charge on any atom is -0.497 e. The molecule has 1 unspecified atom stereocenters. The average Bonchev–Trinajstić information content (AvgIpc) is 3.28. The lowest BCUT2D eigenvalue weighted by atomic mass is 9.94. The summed E-state index contributed by atoms with van der Waals surface area (Å²) in [4.78, 5) is 19.4. The number of aromatic nitrogens is 2. The first-order chi connectivity index (χ1) is 15.5. The van der Waals surface area contributed by atoms with Gasteiger partial charge in [0.15, 0.2) is 0 Å². The molecule has 32 heavy (non-hydrogen) atoms. The van der Waals surface area contributed by atoms with Gasteiger partial charge in [-0.05, 0) is 38.0 Å². The van der Waals surface area contributed by atoms with Crippen LogP contribution in [0.2, 0.25) is 0 Å². The van der Waals surface area contributed by atoms with Gasteiger partial charge in [0.1, 0.15) is 5.75 Å². The Kier molecular flexibility index (Phi) is 6.25. The van der Waals surface area contributed by atoms with E-state index in [0.717, 1.165) is 40.8 Å². The topological polar surface area (TPSA) is 80.5 Å². The monoisotopic (exact) mass is 432 g/mol. The molecule has 0 spiro atoms. The number of nitrogens with zero attached hydrogens (tertiary/aromatic N) is 3. The molecule has 0 fully saturated rings. The van der Waals surface area contributed by atoms with Crippen molar-refractivity contribution < 1.29 is 14.1 Å². The maximum atomic E-state index is 13.0. The van der Waals surface area contributed by atoms with Crippen LogP contribution < -0.4 is 10.1 Å². The second-order valence-electron chi connectivity index (χ2n) is 7.95. The number of carbonyl (C=O) groups excluding carboxylic acids is 1. The van der Waals surface area contributed by atoms with Crippen LogP contribution in [0.15, 0.2) is 58.8 Å². The summed E-state index contributed by atoms with van der Waals surface area (Å²) in [5, 5.41) is 7.34. The van der Waals surface area contributed by atoms with Crippen LogP contribution in [0.1, 0.15) is 49.7 Å². The van der Waals surface area contributed by atoms with Crippen molar-refractivity contribution in [2.45, 2.75) is 39.7 Å². The van der Waals surface area contributed by atoms with E-state index in [2.05, 4.69) is 17.4 Å². The maximum Gasteiger partial charge on any atom is 0.322 e. The molecule has 166 valence electrons. The zero-order valence-corrected chi connectivity index (χ0v) is 18.9. The predicted octanol–water partition coefficient (Wildman–Crippen LogP) is 5.35. The zero-order chi connectivity index (χ0) is 22.7. The Morgan fingerprint density at radius 2 is 1.94 bits per heavy atom. The van der Waals surface area contributed by atoms with Crippen LogP contribution in [0.3, 0.4) is 0 Å². The second kappa shape index (κ2) is 9.26. The third-order valence-corrected chi connectivity index (χ3v) is 5.72. The molecule has 0 saturated heterocycles. The van der Waals surface area contributed by atoms with Gasteiger partial charge in [-0.15, -0.1) is 0 Å². The molecule has 1 aliphatic rings. The molecule has 0 radical (unpaired) electrons. The van der Waals surface area contributed by atoms with Gasteiger partial charge in [0.2, 0.25) is 5.82 Å². The highest BCUT2D eigenvalue weighted by Gasteiger charge is 2.35. The number of unbranched alkanes of at least 4 members (excludes halogenated alkanes) is 1. The van der Waals surface area contributed by atoms with Crippen molar-refractivity contribution in [3.05, 3.63) is 71.2 Å². The molecule has 1 aliphatic heterocycles. The van der Waals surface area contributed by atoms with Crippen molar-refractivity contribution in [1.82, 2.24) is 20.4 Å². The molecule has 1 N–H and O–H groups in total. The lowest BCUT2D eigenvalue weighted by Crippen LogP contribution is -2.46. The summed E-state index contributed by atoms with van der Waals surface area (Å²) in [6.45, 7) is 6.70. The lowest BCUT2D eigenvalue weighted by molar-refractivity contribution is 0.204. The normalized spacial score (nSPS) is 16.3. The molecule has 1 atom stereocenters. The van der Waals surface area contributed by atoms with E-state index in [-0.39, 0.29) is 6.03 Å². The molecule has 4 rings (SSSR count). The van der Waals surface area contributed by atoms with Crippen molar-refractivity contribution in [2.75, 3.05) is 13.7 Å². The number of hydrogen-bond acceptors (Lipinski definition) is 5. The van der Waals surface area contributed by atoms with Gasteiger partial charge < -0.3 is 14.6 Å². The Hall–Kier alpha value is -3.61. The maximum absolute atomic E-state index is 13.0. The number of amides is 2. The van der Waals surface area contributed by atoms with E-state index in [1.165, 1.54) is 0 Å². The van der Waals surface area contributed by atoms with Crippen LogP contribution in [-0.2, 0) is 0 Å². The van der Waals surface area contributed by atoms with Crippen molar-refractivity contribution in [2.24, 2.45) is 0 Å². The summed E-state index contributed by atoms with van der Waals surface area (Å²) in [5.41, 5.74) is 4.53. The molecular formula is C25H28N4O3. The van der Waals surface area contributed by atoms with Gasteiger partial charge in [0.25, 0.3) is 5.89 Å². The highest BCUT2D eigenvalue weighted by Crippen LogP contribution is 2.38. The van der Waals surface area contributed by atoms with Gasteiger partial charge in [-0.3, -0.25) is 4.90 Å². The fourth-order valence-corrected chi connectivity index (χ4v) is 3.87. The Labute approximate surface area is 188 Å². The van der Waals surface area contributed by atoms with Crippen LogP contribution in [0.5, 0.6) is 5.75 Å². The zero-order valence-electron chi connectivity index (χ0n) is 18.9. The van der Waals surface area contributed by atoms with E-state index in [1.54, 1.807) is 12.0 Å². The van der Waals surface area contributed by atoms with E-state index in [0.29, 0.717) is 24.0 Å². The van der Waals surface area contributed by atoms with E-state index in [4.69, 9.17) is 14.2 Å². The van der Waals surface area contributed by atoms with Crippen LogP contribution in [0.4, 0.5) is 4.79 Å². The minimum atomic E-state index is -0.429. The smallest absolute Gasteiger partial charge is 0.322 e. The highest BCUT2D eigenvalue weighted by atomic mass is 16.5. The van der Waals surface area contributed by atoms with E-state index >= 15 is 0 Å². The Morgan fingerprint density at radius 3 is 2.66 bits per heavy atom. The first-order valence-corrected chi connectivity index (χ1v) is 10.9. The number of methoxy groups -OCH3 is 1. The fourth-order valence-electron chi connectivity index (χ4n) is 3.87. The largest absolute Gasteiger partial charge is 0.497 e. The summed E-state index contributed by atoms with van der Waals surface area (Å²) >= 11 is 0. The van der Waals surface area contributed by atoms with Gasteiger partial charge in [0.05, 0.1) is 18.7 Å². The molecule has 0 aliphatic carbocycles. The minimum absolute atomic E-state index is 0.134. The summed E-state index contributed by atoms with van der Waals surface area (Å²) < 4.78 is 11.1. The molecule has 2 amide bonds. The van der Waals surface area contributed by atoms with Gasteiger partial charge in [-0.25, -0.2) is 4.79 Å². The molecule has 2 heterocycles. The van der Waals surface area contributed by atoms with E-state index < -0.39 is 6.04 Å². The third kappa shape index (κ3) is 4.23. The van der Waals surface area contributed by atoms with Crippen LogP contribution in [-0.4, -0.2) is 34.7 Å². The number of hydrogen-bond donors (Lipinski definition) is 1. The predicted molar refractivity (Wildman–Crippen MR) is 123 cm³/mol. The van der Waals surface area contributed by atoms with Crippen molar-refractivity contribution in [3.63, 3.8) is 0 Å². The first kappa shape index (κ1) is 21.6. The summed E-state index contributed by atoms with van der Waals surface area (Å²) in [6.07, 6.45) is 1.89. The molecule has 7 heteroatoms. The Morgan fingerprint density at radius 1 is 1.16 bits per heavy atom. The van der Waals surface area contributed by atoms with Gasteiger partial charge in [-0.1, -0.05) is 60.5 Å². The first-order valence-electron chi connectivity index (χ1n) is 10.9. The van der Waals surface area contributed by atoms with Crippen molar-refractivity contribution >= 4 is 11.6 Å². The molecule has 0 saturated carbocycles. The number of rotatable bonds is 7. The fraction of sp³-hybridized carbons (Fsp3) is 0.320. The summed E-state index contributed by atoms with van der Waals surface area (Å²) in [6, 6.07) is 15.1. The van der Waals surface area contributed by atoms with Gasteiger partial charge >= 0.3 is 6.03 Å². The summed E-state index contributed by atoms with van der Waals surface area (Å²) in [7, 11) is 1.62. The average molecular weight is 433 g/mol. The summed E-state index contributed by atoms with van der Waals surface area (Å²) in [5.74, 6) is 1.63. The third-order valence-electron chi connectivity index (χ3n) is 5.72. The molecule has 3 aromatic rings. The Balaban J connectivity index is 1.80. The molecule has 7 nitrogen and oxygen atoms in total. The van der Waals surface area contributed by atoms with Crippen molar-refractivity contribution in [1.29, 1.82) is 0 Å². The van der Waals surface area contributed by atoms with Crippen LogP contribution >= 0.6 is 0 Å².